The van der Waals surface area contributed by atoms with E-state index in [1.54, 1.807) is 0 Å². The minimum absolute atomic E-state index is 0.0139. The minimum Gasteiger partial charge on any atom is -0.365 e. The fourth-order valence-electron chi connectivity index (χ4n) is 4.08. The molecule has 0 spiro atoms. The largest absolute Gasteiger partial charge is 0.436 e. The summed E-state index contributed by atoms with van der Waals surface area (Å²) in [5.74, 6) is -1.95. The molecule has 0 aromatic carbocycles. The number of anilines is 1. The monoisotopic (exact) mass is 533 g/mol. The van der Waals surface area contributed by atoms with Crippen molar-refractivity contribution in [3.63, 3.8) is 0 Å². The van der Waals surface area contributed by atoms with Gasteiger partial charge in [0.1, 0.15) is 21.9 Å². The molecule has 14 heteroatoms. The second-order valence-electron chi connectivity index (χ2n) is 8.59. The lowest BCUT2D eigenvalue weighted by Crippen LogP contribution is -2.23. The van der Waals surface area contributed by atoms with Crippen LogP contribution in [0.25, 0.3) is 10.2 Å². The SMILES string of the molecule is NC(=O)c1sc2nc(C(F)F)cc(C3CC3)c2c1NC(=O)Cn1nc(C(F)(F)F)c(Cl)c1C1CC1. The zero-order valence-corrected chi connectivity index (χ0v) is 19.3. The van der Waals surface area contributed by atoms with Crippen LogP contribution < -0.4 is 11.1 Å². The summed E-state index contributed by atoms with van der Waals surface area (Å²) >= 11 is 6.73. The zero-order valence-electron chi connectivity index (χ0n) is 17.8. The number of primary amides is 1. The summed E-state index contributed by atoms with van der Waals surface area (Å²) < 4.78 is 67.7. The first-order valence-electron chi connectivity index (χ1n) is 10.6. The molecule has 3 heterocycles. The third kappa shape index (κ3) is 4.46. The molecule has 0 saturated heterocycles. The van der Waals surface area contributed by atoms with Crippen molar-refractivity contribution in [2.45, 2.75) is 56.7 Å². The lowest BCUT2D eigenvalue weighted by Gasteiger charge is -2.11. The Morgan fingerprint density at radius 3 is 2.43 bits per heavy atom. The summed E-state index contributed by atoms with van der Waals surface area (Å²) in [6.45, 7) is -0.599. The van der Waals surface area contributed by atoms with Crippen molar-refractivity contribution in [2.24, 2.45) is 5.73 Å². The molecular weight excluding hydrogens is 517 g/mol. The van der Waals surface area contributed by atoms with E-state index in [1.807, 2.05) is 0 Å². The number of halogens is 6. The number of thiophene rings is 1. The average Bonchev–Trinajstić information content (AvgIpc) is 3.68. The number of hydrogen-bond donors (Lipinski definition) is 2. The quantitative estimate of drug-likeness (QED) is 0.386. The molecule has 5 rings (SSSR count). The Balaban J connectivity index is 1.53. The second-order valence-corrected chi connectivity index (χ2v) is 9.96. The number of hydrogen-bond acceptors (Lipinski definition) is 5. The Morgan fingerprint density at radius 1 is 1.23 bits per heavy atom. The molecule has 0 aliphatic heterocycles. The third-order valence-electron chi connectivity index (χ3n) is 5.90. The van der Waals surface area contributed by atoms with Crippen molar-refractivity contribution in [3.05, 3.63) is 38.6 Å². The minimum atomic E-state index is -4.79. The Labute approximate surface area is 203 Å². The number of pyridine rings is 1. The Kier molecular flexibility index (Phi) is 5.74. The van der Waals surface area contributed by atoms with Crippen LogP contribution in [0.3, 0.4) is 0 Å². The molecule has 2 aliphatic rings. The van der Waals surface area contributed by atoms with Gasteiger partial charge in [-0.3, -0.25) is 14.3 Å². The maximum absolute atomic E-state index is 13.4. The molecule has 0 bridgehead atoms. The maximum Gasteiger partial charge on any atom is 0.436 e. The number of nitrogens with two attached hydrogens (primary N) is 1. The summed E-state index contributed by atoms with van der Waals surface area (Å²) in [6.07, 6.45) is -4.90. The summed E-state index contributed by atoms with van der Waals surface area (Å²) in [5.41, 5.74) is 4.41. The topological polar surface area (TPSA) is 103 Å². The fourth-order valence-corrected chi connectivity index (χ4v) is 5.50. The van der Waals surface area contributed by atoms with Crippen molar-refractivity contribution in [3.8, 4) is 0 Å². The van der Waals surface area contributed by atoms with E-state index in [9.17, 15) is 31.5 Å². The number of rotatable bonds is 7. The number of carbonyl (C=O) groups excluding carboxylic acids is 2. The number of nitrogens with zero attached hydrogens (tertiary/aromatic N) is 3. The van der Waals surface area contributed by atoms with Crippen molar-refractivity contribution in [1.29, 1.82) is 0 Å². The fraction of sp³-hybridized carbons (Fsp3) is 0.429. The normalized spacial score (nSPS) is 16.3. The van der Waals surface area contributed by atoms with Crippen molar-refractivity contribution < 1.29 is 31.5 Å². The van der Waals surface area contributed by atoms with Gasteiger partial charge in [-0.25, -0.2) is 13.8 Å². The highest BCUT2D eigenvalue weighted by Crippen LogP contribution is 2.49. The van der Waals surface area contributed by atoms with Crippen molar-refractivity contribution >= 4 is 50.7 Å². The highest BCUT2D eigenvalue weighted by atomic mass is 35.5. The molecule has 0 radical (unpaired) electrons. The van der Waals surface area contributed by atoms with E-state index in [0.29, 0.717) is 23.8 Å². The van der Waals surface area contributed by atoms with Crippen LogP contribution in [0.2, 0.25) is 5.02 Å². The predicted molar refractivity (Wildman–Crippen MR) is 118 cm³/mol. The summed E-state index contributed by atoms with van der Waals surface area (Å²) in [6, 6.07) is 1.26. The number of amides is 2. The van der Waals surface area contributed by atoms with Crippen LogP contribution in [0.4, 0.5) is 27.6 Å². The molecule has 3 aromatic heterocycles. The molecule has 2 aliphatic carbocycles. The Morgan fingerprint density at radius 2 is 1.89 bits per heavy atom. The molecular formula is C21H17ClF5N5O2S. The van der Waals surface area contributed by atoms with Gasteiger partial charge in [0.25, 0.3) is 12.3 Å². The zero-order chi connectivity index (χ0) is 25.2. The molecule has 2 saturated carbocycles. The lowest BCUT2D eigenvalue weighted by atomic mass is 10.0. The van der Waals surface area contributed by atoms with Gasteiger partial charge in [-0.1, -0.05) is 11.6 Å². The molecule has 2 amide bonds. The smallest absolute Gasteiger partial charge is 0.365 e. The molecule has 186 valence electrons. The van der Waals surface area contributed by atoms with E-state index < -0.39 is 47.4 Å². The van der Waals surface area contributed by atoms with Gasteiger partial charge in [-0.15, -0.1) is 11.3 Å². The van der Waals surface area contributed by atoms with Gasteiger partial charge in [0, 0.05) is 11.3 Å². The van der Waals surface area contributed by atoms with E-state index in [-0.39, 0.29) is 32.9 Å². The maximum atomic E-state index is 13.4. The van der Waals surface area contributed by atoms with Gasteiger partial charge < -0.3 is 11.1 Å². The van der Waals surface area contributed by atoms with E-state index in [4.69, 9.17) is 17.3 Å². The van der Waals surface area contributed by atoms with E-state index >= 15 is 0 Å². The molecule has 3 N–H and O–H groups in total. The first kappa shape index (κ1) is 23.9. The first-order valence-corrected chi connectivity index (χ1v) is 11.8. The molecule has 0 unspecified atom stereocenters. The van der Waals surface area contributed by atoms with Crippen LogP contribution in [-0.2, 0) is 17.5 Å². The van der Waals surface area contributed by atoms with Crippen LogP contribution in [-0.4, -0.2) is 26.6 Å². The van der Waals surface area contributed by atoms with Crippen LogP contribution in [0, 0.1) is 0 Å². The van der Waals surface area contributed by atoms with Gasteiger partial charge >= 0.3 is 6.18 Å². The predicted octanol–water partition coefficient (Wildman–Crippen LogP) is 5.60. The number of alkyl halides is 5. The number of nitrogens with one attached hydrogen (secondary N) is 1. The highest BCUT2D eigenvalue weighted by molar-refractivity contribution is 7.21. The number of fused-ring (bicyclic) bond motifs is 1. The standard InChI is InChI=1S/C21H17ClF5N5O2S/c22-13-15(8-3-4-8)32(31-17(13)21(25,26)27)6-11(33)30-14-12-9(7-1-2-7)5-10(18(23)24)29-20(12)35-16(14)19(28)34/h5,7-8,18H,1-4,6H2,(H2,28,34)(H,30,33). The van der Waals surface area contributed by atoms with Gasteiger partial charge in [0.2, 0.25) is 5.91 Å². The van der Waals surface area contributed by atoms with Gasteiger partial charge in [-0.2, -0.15) is 18.3 Å². The average molecular weight is 534 g/mol. The van der Waals surface area contributed by atoms with Gasteiger partial charge in [0.15, 0.2) is 5.69 Å². The lowest BCUT2D eigenvalue weighted by molar-refractivity contribution is -0.141. The van der Waals surface area contributed by atoms with Crippen LogP contribution in [0.5, 0.6) is 0 Å². The Hall–Kier alpha value is -2.80. The second kappa shape index (κ2) is 8.40. The highest BCUT2D eigenvalue weighted by Gasteiger charge is 2.42. The van der Waals surface area contributed by atoms with Gasteiger partial charge in [0.05, 0.1) is 16.4 Å². The summed E-state index contributed by atoms with van der Waals surface area (Å²) in [4.78, 5) is 29.0. The third-order valence-corrected chi connectivity index (χ3v) is 7.37. The molecule has 3 aromatic rings. The van der Waals surface area contributed by atoms with E-state index in [0.717, 1.165) is 28.9 Å². The van der Waals surface area contributed by atoms with Crippen LogP contribution in [0.15, 0.2) is 6.07 Å². The van der Waals surface area contributed by atoms with Crippen LogP contribution >= 0.6 is 22.9 Å². The molecule has 35 heavy (non-hydrogen) atoms. The van der Waals surface area contributed by atoms with Crippen LogP contribution in [0.1, 0.15) is 76.3 Å². The summed E-state index contributed by atoms with van der Waals surface area (Å²) in [7, 11) is 0. The molecule has 0 atom stereocenters. The van der Waals surface area contributed by atoms with Crippen molar-refractivity contribution in [1.82, 2.24) is 14.8 Å². The van der Waals surface area contributed by atoms with Crippen molar-refractivity contribution in [2.75, 3.05) is 5.32 Å². The number of carbonyl (C=O) groups is 2. The molecule has 7 nitrogen and oxygen atoms in total. The first-order chi connectivity index (χ1) is 16.5. The van der Waals surface area contributed by atoms with Gasteiger partial charge in [-0.05, 0) is 43.2 Å². The molecule has 2 fully saturated rings. The summed E-state index contributed by atoms with van der Waals surface area (Å²) in [5, 5.41) is 5.88. The Bertz CT molecular complexity index is 1360. The van der Waals surface area contributed by atoms with E-state index in [2.05, 4.69) is 15.4 Å². The number of aromatic nitrogens is 3. The van der Waals surface area contributed by atoms with E-state index in [1.165, 1.54) is 6.07 Å².